The van der Waals surface area contributed by atoms with Gasteiger partial charge in [0.2, 0.25) is 0 Å². The highest BCUT2D eigenvalue weighted by Gasteiger charge is 2.46. The molecule has 0 saturated carbocycles. The fourth-order valence-electron chi connectivity index (χ4n) is 4.58. The molecule has 198 valence electrons. The van der Waals surface area contributed by atoms with Gasteiger partial charge in [0.25, 0.3) is 0 Å². The Balaban J connectivity index is 2.90. The topological polar surface area (TPSA) is 97.6 Å². The minimum absolute atomic E-state index is 0.157. The van der Waals surface area contributed by atoms with Crippen LogP contribution in [0.1, 0.15) is 97.8 Å². The van der Waals surface area contributed by atoms with Gasteiger partial charge in [0, 0.05) is 19.1 Å². The maximum Gasteiger partial charge on any atom is 0.186 e. The van der Waals surface area contributed by atoms with E-state index in [0.717, 1.165) is 45.1 Å². The van der Waals surface area contributed by atoms with E-state index in [4.69, 9.17) is 18.9 Å². The van der Waals surface area contributed by atoms with Crippen LogP contribution in [-0.2, 0) is 18.9 Å². The maximum atomic E-state index is 10.6. The zero-order valence-corrected chi connectivity index (χ0v) is 21.7. The number of aliphatic hydroxyl groups is 3. The molecule has 1 saturated heterocycles. The van der Waals surface area contributed by atoms with E-state index in [1.165, 1.54) is 45.6 Å². The number of hydrogen-bond donors (Lipinski definition) is 3. The summed E-state index contributed by atoms with van der Waals surface area (Å²) in [5.41, 5.74) is -0.157. The first-order chi connectivity index (χ1) is 16.0. The van der Waals surface area contributed by atoms with Crippen LogP contribution in [0.2, 0.25) is 0 Å². The lowest BCUT2D eigenvalue weighted by Crippen LogP contribution is -2.60. The number of unbranched alkanes of at least 4 members (excludes halogenated alkanes) is 7. The second-order valence-electron chi connectivity index (χ2n) is 9.75. The Morgan fingerprint density at radius 1 is 0.788 bits per heavy atom. The number of ether oxygens (including phenoxy) is 4. The largest absolute Gasteiger partial charge is 0.394 e. The van der Waals surface area contributed by atoms with E-state index in [9.17, 15) is 15.3 Å². The van der Waals surface area contributed by atoms with Gasteiger partial charge in [-0.15, -0.1) is 0 Å². The van der Waals surface area contributed by atoms with Crippen molar-refractivity contribution in [2.45, 2.75) is 129 Å². The SMILES string of the molecule is CCCCCCC(CCCCCC)(COCCCC)CO[C@@H]1OC(CO)[C@@H](OC)C(O)[C@@H]1O. The highest BCUT2D eigenvalue weighted by Crippen LogP contribution is 2.35. The van der Waals surface area contributed by atoms with Crippen molar-refractivity contribution in [2.75, 3.05) is 33.5 Å². The fourth-order valence-corrected chi connectivity index (χ4v) is 4.58. The van der Waals surface area contributed by atoms with E-state index in [2.05, 4.69) is 20.8 Å². The fraction of sp³-hybridized carbons (Fsp3) is 1.00. The molecule has 0 amide bonds. The first-order valence-electron chi connectivity index (χ1n) is 13.3. The minimum atomic E-state index is -1.24. The van der Waals surface area contributed by atoms with Crippen LogP contribution >= 0.6 is 0 Å². The maximum absolute atomic E-state index is 10.6. The summed E-state index contributed by atoms with van der Waals surface area (Å²) in [6.07, 6.45) is 8.58. The molecule has 0 radical (unpaired) electrons. The standard InChI is InChI=1S/C26H52O7/c1-5-8-11-13-15-26(16-14-12-9-6-2,19-31-17-10-7-3)20-32-25-23(29)22(28)24(30-4)21(18-27)33-25/h21-25,27-29H,5-20H2,1-4H3/t21?,22?,23-,24+,25+/m0/s1. The van der Waals surface area contributed by atoms with Gasteiger partial charge in [0.1, 0.15) is 24.4 Å². The zero-order valence-electron chi connectivity index (χ0n) is 21.7. The summed E-state index contributed by atoms with van der Waals surface area (Å²) in [5, 5.41) is 30.7. The van der Waals surface area contributed by atoms with Gasteiger partial charge < -0.3 is 34.3 Å². The summed E-state index contributed by atoms with van der Waals surface area (Å²) in [4.78, 5) is 0. The Labute approximate surface area is 202 Å². The molecule has 3 N–H and O–H groups in total. The van der Waals surface area contributed by atoms with Crippen LogP contribution in [0.25, 0.3) is 0 Å². The Bertz CT molecular complexity index is 429. The number of hydrogen-bond acceptors (Lipinski definition) is 7. The summed E-state index contributed by atoms with van der Waals surface area (Å²) in [7, 11) is 1.43. The van der Waals surface area contributed by atoms with Gasteiger partial charge in [-0.2, -0.15) is 0 Å². The van der Waals surface area contributed by atoms with Gasteiger partial charge in [-0.05, 0) is 19.3 Å². The third kappa shape index (κ3) is 10.9. The summed E-state index contributed by atoms with van der Waals surface area (Å²) in [6, 6.07) is 0. The van der Waals surface area contributed by atoms with Crippen molar-refractivity contribution in [3.63, 3.8) is 0 Å². The number of methoxy groups -OCH3 is 1. The molecular weight excluding hydrogens is 424 g/mol. The number of aliphatic hydroxyl groups excluding tert-OH is 3. The molecule has 0 spiro atoms. The van der Waals surface area contributed by atoms with Gasteiger partial charge >= 0.3 is 0 Å². The predicted molar refractivity (Wildman–Crippen MR) is 130 cm³/mol. The molecule has 1 aliphatic rings. The van der Waals surface area contributed by atoms with E-state index in [-0.39, 0.29) is 12.0 Å². The van der Waals surface area contributed by atoms with Crippen molar-refractivity contribution in [3.8, 4) is 0 Å². The van der Waals surface area contributed by atoms with Gasteiger partial charge in [0.15, 0.2) is 6.29 Å². The molecule has 33 heavy (non-hydrogen) atoms. The lowest BCUT2D eigenvalue weighted by molar-refractivity contribution is -0.310. The molecule has 0 aromatic rings. The molecule has 0 aromatic carbocycles. The summed E-state index contributed by atoms with van der Waals surface area (Å²) in [5.74, 6) is 0. The molecule has 7 heteroatoms. The van der Waals surface area contributed by atoms with Gasteiger partial charge in [-0.25, -0.2) is 0 Å². The third-order valence-corrected chi connectivity index (χ3v) is 6.82. The van der Waals surface area contributed by atoms with Crippen LogP contribution in [-0.4, -0.2) is 79.6 Å². The monoisotopic (exact) mass is 476 g/mol. The zero-order chi connectivity index (χ0) is 24.5. The molecule has 1 fully saturated rings. The highest BCUT2D eigenvalue weighted by atomic mass is 16.7. The first kappa shape index (κ1) is 30.8. The Hall–Kier alpha value is -0.280. The quantitative estimate of drug-likeness (QED) is 0.227. The van der Waals surface area contributed by atoms with E-state index in [0.29, 0.717) is 13.2 Å². The van der Waals surface area contributed by atoms with Crippen molar-refractivity contribution in [3.05, 3.63) is 0 Å². The average Bonchev–Trinajstić information content (AvgIpc) is 2.83. The molecule has 2 unspecified atom stereocenters. The van der Waals surface area contributed by atoms with Crippen LogP contribution in [0.15, 0.2) is 0 Å². The van der Waals surface area contributed by atoms with Crippen LogP contribution in [0.5, 0.6) is 0 Å². The summed E-state index contributed by atoms with van der Waals surface area (Å²) in [6.45, 7) is 8.03. The van der Waals surface area contributed by atoms with Gasteiger partial charge in [0.05, 0.1) is 19.8 Å². The third-order valence-electron chi connectivity index (χ3n) is 6.82. The van der Waals surface area contributed by atoms with E-state index >= 15 is 0 Å². The van der Waals surface area contributed by atoms with Crippen LogP contribution in [0.3, 0.4) is 0 Å². The second kappa shape index (κ2) is 18.1. The summed E-state index contributed by atoms with van der Waals surface area (Å²) >= 11 is 0. The van der Waals surface area contributed by atoms with Crippen LogP contribution in [0.4, 0.5) is 0 Å². The smallest absolute Gasteiger partial charge is 0.186 e. The van der Waals surface area contributed by atoms with E-state index < -0.39 is 30.7 Å². The second-order valence-corrected chi connectivity index (χ2v) is 9.75. The molecule has 0 aromatic heterocycles. The van der Waals surface area contributed by atoms with Crippen molar-refractivity contribution in [1.82, 2.24) is 0 Å². The lowest BCUT2D eigenvalue weighted by atomic mass is 9.79. The molecule has 5 atom stereocenters. The molecule has 0 bridgehead atoms. The molecule has 1 aliphatic heterocycles. The Kier molecular flexibility index (Phi) is 16.8. The molecule has 0 aliphatic carbocycles. The molecular formula is C26H52O7. The van der Waals surface area contributed by atoms with Crippen molar-refractivity contribution in [2.24, 2.45) is 5.41 Å². The molecule has 1 heterocycles. The Morgan fingerprint density at radius 3 is 1.91 bits per heavy atom. The van der Waals surface area contributed by atoms with E-state index in [1.54, 1.807) is 0 Å². The average molecular weight is 477 g/mol. The minimum Gasteiger partial charge on any atom is -0.394 e. The highest BCUT2D eigenvalue weighted by molar-refractivity contribution is 4.90. The van der Waals surface area contributed by atoms with Crippen LogP contribution < -0.4 is 0 Å². The van der Waals surface area contributed by atoms with Crippen LogP contribution in [0, 0.1) is 5.41 Å². The predicted octanol–water partition coefficient (Wildman–Crippen LogP) is 4.20. The number of rotatable bonds is 20. The molecule has 7 nitrogen and oxygen atoms in total. The van der Waals surface area contributed by atoms with Gasteiger partial charge in [-0.3, -0.25) is 0 Å². The van der Waals surface area contributed by atoms with E-state index in [1.807, 2.05) is 0 Å². The summed E-state index contributed by atoms with van der Waals surface area (Å²) < 4.78 is 23.3. The molecule has 1 rings (SSSR count). The van der Waals surface area contributed by atoms with Gasteiger partial charge in [-0.1, -0.05) is 78.6 Å². The van der Waals surface area contributed by atoms with Crippen molar-refractivity contribution >= 4 is 0 Å². The normalized spacial score (nSPS) is 26.1. The van der Waals surface area contributed by atoms with Crippen molar-refractivity contribution in [1.29, 1.82) is 0 Å². The lowest BCUT2D eigenvalue weighted by Gasteiger charge is -2.43. The van der Waals surface area contributed by atoms with Crippen molar-refractivity contribution < 1.29 is 34.3 Å². The Morgan fingerprint density at radius 2 is 1.39 bits per heavy atom. The first-order valence-corrected chi connectivity index (χ1v) is 13.3.